The van der Waals surface area contributed by atoms with Crippen LogP contribution in [-0.2, 0) is 0 Å². The van der Waals surface area contributed by atoms with E-state index in [-0.39, 0.29) is 6.03 Å². The van der Waals surface area contributed by atoms with Crippen LogP contribution in [0.1, 0.15) is 16.8 Å². The number of hydrogen-bond donors (Lipinski definition) is 3. The fourth-order valence-corrected chi connectivity index (χ4v) is 2.33. The summed E-state index contributed by atoms with van der Waals surface area (Å²) < 4.78 is 0. The van der Waals surface area contributed by atoms with Gasteiger partial charge in [-0.1, -0.05) is 17.7 Å². The van der Waals surface area contributed by atoms with E-state index in [2.05, 4.69) is 25.9 Å². The van der Waals surface area contributed by atoms with Crippen LogP contribution in [0.5, 0.6) is 0 Å². The Morgan fingerprint density at radius 2 is 1.84 bits per heavy atom. The molecule has 2 aromatic rings. The van der Waals surface area contributed by atoms with Crippen LogP contribution < -0.4 is 20.9 Å². The molecular formula is C18H26N6O. The predicted octanol–water partition coefficient (Wildman–Crippen LogP) is 2.70. The van der Waals surface area contributed by atoms with Crippen molar-refractivity contribution >= 4 is 23.5 Å². The summed E-state index contributed by atoms with van der Waals surface area (Å²) in [6, 6.07) is 7.61. The Morgan fingerprint density at radius 3 is 2.52 bits per heavy atom. The summed E-state index contributed by atoms with van der Waals surface area (Å²) in [5.74, 6) is 1.40. The largest absolute Gasteiger partial charge is 0.363 e. The van der Waals surface area contributed by atoms with E-state index < -0.39 is 0 Å². The third-order valence-electron chi connectivity index (χ3n) is 3.62. The Bertz CT molecular complexity index is 744. The molecule has 0 atom stereocenters. The van der Waals surface area contributed by atoms with Crippen molar-refractivity contribution in [3.8, 4) is 0 Å². The molecule has 7 nitrogen and oxygen atoms in total. The molecule has 0 aliphatic heterocycles. The molecule has 0 aliphatic rings. The number of anilines is 3. The zero-order valence-corrected chi connectivity index (χ0v) is 15.5. The van der Waals surface area contributed by atoms with Crippen molar-refractivity contribution in [3.63, 3.8) is 0 Å². The lowest BCUT2D eigenvalue weighted by Crippen LogP contribution is -2.33. The quantitative estimate of drug-likeness (QED) is 0.703. The highest BCUT2D eigenvalue weighted by molar-refractivity contribution is 5.90. The van der Waals surface area contributed by atoms with Gasteiger partial charge in [0.1, 0.15) is 5.82 Å². The molecule has 25 heavy (non-hydrogen) atoms. The summed E-state index contributed by atoms with van der Waals surface area (Å²) in [7, 11) is 3.87. The van der Waals surface area contributed by atoms with Gasteiger partial charge >= 0.3 is 6.03 Å². The number of hydrogen-bond acceptors (Lipinski definition) is 5. The lowest BCUT2D eigenvalue weighted by molar-refractivity contribution is 0.252. The molecule has 0 saturated carbocycles. The second kappa shape index (κ2) is 8.32. The van der Waals surface area contributed by atoms with Crippen LogP contribution in [0.2, 0.25) is 0 Å². The molecule has 0 bridgehead atoms. The minimum atomic E-state index is -0.229. The maximum absolute atomic E-state index is 12.0. The van der Waals surface area contributed by atoms with Crippen molar-refractivity contribution in [1.29, 1.82) is 0 Å². The molecule has 0 unspecified atom stereocenters. The number of aromatic nitrogens is 2. The van der Waals surface area contributed by atoms with Crippen molar-refractivity contribution in [2.24, 2.45) is 0 Å². The van der Waals surface area contributed by atoms with Crippen LogP contribution in [0.15, 0.2) is 24.3 Å². The first-order chi connectivity index (χ1) is 11.8. The van der Waals surface area contributed by atoms with Crippen LogP contribution in [0.4, 0.5) is 22.2 Å². The number of carbonyl (C=O) groups is 1. The molecule has 2 rings (SSSR count). The molecule has 0 saturated heterocycles. The van der Waals surface area contributed by atoms with Crippen LogP contribution >= 0.6 is 0 Å². The van der Waals surface area contributed by atoms with E-state index in [1.165, 1.54) is 5.56 Å². The van der Waals surface area contributed by atoms with E-state index in [1.54, 1.807) is 0 Å². The minimum Gasteiger partial charge on any atom is -0.363 e. The molecule has 7 heteroatoms. The number of benzene rings is 1. The third-order valence-corrected chi connectivity index (χ3v) is 3.62. The summed E-state index contributed by atoms with van der Waals surface area (Å²) in [4.78, 5) is 22.7. The zero-order valence-electron chi connectivity index (χ0n) is 15.5. The fourth-order valence-electron chi connectivity index (χ4n) is 2.33. The number of nitrogens with one attached hydrogen (secondary N) is 3. The van der Waals surface area contributed by atoms with Crippen molar-refractivity contribution in [2.75, 3.05) is 42.7 Å². The number of amides is 2. The molecule has 3 N–H and O–H groups in total. The van der Waals surface area contributed by atoms with Crippen molar-refractivity contribution < 1.29 is 4.79 Å². The van der Waals surface area contributed by atoms with E-state index in [4.69, 9.17) is 0 Å². The van der Waals surface area contributed by atoms with E-state index >= 15 is 0 Å². The van der Waals surface area contributed by atoms with Gasteiger partial charge < -0.3 is 20.9 Å². The van der Waals surface area contributed by atoms with Crippen molar-refractivity contribution in [3.05, 3.63) is 41.1 Å². The SMILES string of the molecule is Cc1ccc(NC(=O)NCCNc2nc(C)cc(N(C)C)n2)c(C)c1. The highest BCUT2D eigenvalue weighted by Gasteiger charge is 2.05. The first kappa shape index (κ1) is 18.5. The predicted molar refractivity (Wildman–Crippen MR) is 103 cm³/mol. The van der Waals surface area contributed by atoms with Gasteiger partial charge in [0.15, 0.2) is 0 Å². The summed E-state index contributed by atoms with van der Waals surface area (Å²) in [5.41, 5.74) is 3.91. The van der Waals surface area contributed by atoms with Crippen molar-refractivity contribution in [1.82, 2.24) is 15.3 Å². The minimum absolute atomic E-state index is 0.229. The second-order valence-electron chi connectivity index (χ2n) is 6.21. The maximum Gasteiger partial charge on any atom is 0.319 e. The molecule has 0 radical (unpaired) electrons. The maximum atomic E-state index is 12.0. The lowest BCUT2D eigenvalue weighted by Gasteiger charge is -2.14. The zero-order chi connectivity index (χ0) is 18.4. The van der Waals surface area contributed by atoms with E-state index in [0.29, 0.717) is 19.0 Å². The van der Waals surface area contributed by atoms with Gasteiger partial charge in [-0.05, 0) is 32.4 Å². The number of nitrogens with zero attached hydrogens (tertiary/aromatic N) is 3. The third kappa shape index (κ3) is 5.63. The standard InChI is InChI=1S/C18H26N6O/c1-12-6-7-15(13(2)10-12)22-18(25)20-9-8-19-17-21-14(3)11-16(23-17)24(4)5/h6-7,10-11H,8-9H2,1-5H3,(H,19,21,23)(H2,20,22,25). The Kier molecular flexibility index (Phi) is 6.16. The molecule has 0 spiro atoms. The Hall–Kier alpha value is -2.83. The highest BCUT2D eigenvalue weighted by Crippen LogP contribution is 2.15. The Labute approximate surface area is 148 Å². The smallest absolute Gasteiger partial charge is 0.319 e. The molecule has 0 aliphatic carbocycles. The summed E-state index contributed by atoms with van der Waals surface area (Å²) >= 11 is 0. The van der Waals surface area contributed by atoms with Gasteiger partial charge in [0.05, 0.1) is 0 Å². The first-order valence-corrected chi connectivity index (χ1v) is 8.24. The second-order valence-corrected chi connectivity index (χ2v) is 6.21. The van der Waals surface area contributed by atoms with Gasteiger partial charge in [0.25, 0.3) is 0 Å². The molecule has 2 amide bonds. The Morgan fingerprint density at radius 1 is 1.08 bits per heavy atom. The molecule has 1 heterocycles. The normalized spacial score (nSPS) is 10.3. The molecule has 0 fully saturated rings. The summed E-state index contributed by atoms with van der Waals surface area (Å²) in [5, 5.41) is 8.80. The van der Waals surface area contributed by atoms with Crippen LogP contribution in [0.25, 0.3) is 0 Å². The van der Waals surface area contributed by atoms with E-state index in [9.17, 15) is 4.79 Å². The number of aryl methyl sites for hydroxylation is 3. The van der Waals surface area contributed by atoms with Gasteiger partial charge in [-0.3, -0.25) is 0 Å². The van der Waals surface area contributed by atoms with Gasteiger partial charge in [-0.15, -0.1) is 0 Å². The van der Waals surface area contributed by atoms with Crippen LogP contribution in [-0.4, -0.2) is 43.2 Å². The average Bonchev–Trinajstić information content (AvgIpc) is 2.54. The van der Waals surface area contributed by atoms with Gasteiger partial charge in [-0.2, -0.15) is 4.98 Å². The molecular weight excluding hydrogens is 316 g/mol. The van der Waals surface area contributed by atoms with E-state index in [1.807, 2.05) is 64.0 Å². The highest BCUT2D eigenvalue weighted by atomic mass is 16.2. The van der Waals surface area contributed by atoms with E-state index in [0.717, 1.165) is 22.8 Å². The lowest BCUT2D eigenvalue weighted by atomic mass is 10.1. The number of urea groups is 1. The van der Waals surface area contributed by atoms with Gasteiger partial charge in [-0.25, -0.2) is 9.78 Å². The molecule has 134 valence electrons. The molecule has 1 aromatic carbocycles. The van der Waals surface area contributed by atoms with Gasteiger partial charge in [0, 0.05) is 44.6 Å². The summed E-state index contributed by atoms with van der Waals surface area (Å²) in [6.07, 6.45) is 0. The number of rotatable bonds is 6. The number of carbonyl (C=O) groups excluding carboxylic acids is 1. The van der Waals surface area contributed by atoms with Gasteiger partial charge in [0.2, 0.25) is 5.95 Å². The van der Waals surface area contributed by atoms with Crippen molar-refractivity contribution in [2.45, 2.75) is 20.8 Å². The summed E-state index contributed by atoms with van der Waals surface area (Å²) in [6.45, 7) is 6.93. The Balaban J connectivity index is 1.80. The van der Waals surface area contributed by atoms with Crippen LogP contribution in [0.3, 0.4) is 0 Å². The first-order valence-electron chi connectivity index (χ1n) is 8.24. The fraction of sp³-hybridized carbons (Fsp3) is 0.389. The monoisotopic (exact) mass is 342 g/mol. The van der Waals surface area contributed by atoms with Crippen LogP contribution in [0, 0.1) is 20.8 Å². The average molecular weight is 342 g/mol. The topological polar surface area (TPSA) is 82.2 Å². The molecule has 1 aromatic heterocycles.